The zero-order valence-corrected chi connectivity index (χ0v) is 16.7. The minimum atomic E-state index is -0.169. The van der Waals surface area contributed by atoms with Crippen LogP contribution >= 0.6 is 0 Å². The number of aromatic amines is 1. The van der Waals surface area contributed by atoms with Gasteiger partial charge in [0.15, 0.2) is 11.5 Å². The minimum Gasteiger partial charge on any atom is -0.504 e. The SMILES string of the molecule is Oc1cccc(/C(=C2\C=CC(c3ccccc3)=N2)c2ccc(-c3ccccc3)[nH]2)c1O. The maximum atomic E-state index is 10.6. The lowest BCUT2D eigenvalue weighted by molar-refractivity contribution is 0.402. The summed E-state index contributed by atoms with van der Waals surface area (Å²) >= 11 is 0. The van der Waals surface area contributed by atoms with Crippen molar-refractivity contribution >= 4 is 11.3 Å². The molecule has 0 radical (unpaired) electrons. The monoisotopic (exact) mass is 404 g/mol. The molecule has 0 fully saturated rings. The zero-order chi connectivity index (χ0) is 21.2. The minimum absolute atomic E-state index is 0.167. The largest absolute Gasteiger partial charge is 0.504 e. The number of nitrogens with one attached hydrogen (secondary N) is 1. The number of phenolic OH excluding ortho intramolecular Hbond substituents is 2. The number of phenols is 2. The average molecular weight is 404 g/mol. The van der Waals surface area contributed by atoms with E-state index < -0.39 is 0 Å². The number of benzene rings is 3. The highest BCUT2D eigenvalue weighted by atomic mass is 16.3. The van der Waals surface area contributed by atoms with Crippen molar-refractivity contribution in [3.63, 3.8) is 0 Å². The summed E-state index contributed by atoms with van der Waals surface area (Å²) in [6.45, 7) is 0. The van der Waals surface area contributed by atoms with Crippen molar-refractivity contribution in [3.8, 4) is 22.8 Å². The molecule has 0 spiro atoms. The summed E-state index contributed by atoms with van der Waals surface area (Å²) in [4.78, 5) is 8.29. The fourth-order valence-electron chi connectivity index (χ4n) is 3.75. The van der Waals surface area contributed by atoms with Crippen molar-refractivity contribution in [1.29, 1.82) is 0 Å². The summed E-state index contributed by atoms with van der Waals surface area (Å²) in [6.07, 6.45) is 3.90. The van der Waals surface area contributed by atoms with E-state index in [9.17, 15) is 10.2 Å². The summed E-state index contributed by atoms with van der Waals surface area (Å²) in [7, 11) is 0. The van der Waals surface area contributed by atoms with E-state index in [1.165, 1.54) is 6.07 Å². The quantitative estimate of drug-likeness (QED) is 0.370. The van der Waals surface area contributed by atoms with Gasteiger partial charge in [-0.3, -0.25) is 0 Å². The molecular formula is C27H20N2O2. The molecule has 0 amide bonds. The van der Waals surface area contributed by atoms with Gasteiger partial charge in [-0.05, 0) is 35.9 Å². The highest BCUT2D eigenvalue weighted by Gasteiger charge is 2.20. The Morgan fingerprint density at radius 3 is 2.13 bits per heavy atom. The first-order valence-corrected chi connectivity index (χ1v) is 10.0. The van der Waals surface area contributed by atoms with E-state index in [-0.39, 0.29) is 11.5 Å². The first-order chi connectivity index (χ1) is 15.2. The number of aromatic hydroxyl groups is 2. The fourth-order valence-corrected chi connectivity index (χ4v) is 3.75. The number of hydrogen-bond acceptors (Lipinski definition) is 3. The van der Waals surface area contributed by atoms with E-state index in [4.69, 9.17) is 4.99 Å². The lowest BCUT2D eigenvalue weighted by Gasteiger charge is -2.11. The second-order valence-corrected chi connectivity index (χ2v) is 7.28. The van der Waals surface area contributed by atoms with Gasteiger partial charge in [-0.2, -0.15) is 0 Å². The third kappa shape index (κ3) is 3.55. The lowest BCUT2D eigenvalue weighted by Crippen LogP contribution is -1.95. The summed E-state index contributed by atoms with van der Waals surface area (Å²) in [5, 5.41) is 20.7. The molecule has 2 heterocycles. The number of nitrogens with zero attached hydrogens (tertiary/aromatic N) is 1. The van der Waals surface area contributed by atoms with Crippen LogP contribution in [-0.4, -0.2) is 20.9 Å². The van der Waals surface area contributed by atoms with Gasteiger partial charge in [-0.15, -0.1) is 0 Å². The van der Waals surface area contributed by atoms with Gasteiger partial charge in [0.1, 0.15) is 0 Å². The van der Waals surface area contributed by atoms with E-state index in [0.717, 1.165) is 33.8 Å². The first kappa shape index (κ1) is 18.7. The van der Waals surface area contributed by atoms with Crippen LogP contribution in [0.15, 0.2) is 114 Å². The van der Waals surface area contributed by atoms with Crippen molar-refractivity contribution < 1.29 is 10.2 Å². The number of hydrogen-bond donors (Lipinski definition) is 3. The predicted molar refractivity (Wildman–Crippen MR) is 124 cm³/mol. The van der Waals surface area contributed by atoms with Crippen LogP contribution in [0.5, 0.6) is 11.5 Å². The Kier molecular flexibility index (Phi) is 4.73. The van der Waals surface area contributed by atoms with Gasteiger partial charge in [0.05, 0.1) is 11.4 Å². The standard InChI is InChI=1S/C27H20N2O2/c30-25-13-7-12-20(27(25)31)26(23-16-14-21(28-23)18-8-3-1-4-9-18)24-17-15-22(29-24)19-10-5-2-6-11-19/h1-17,28,30-31H/b26-24-. The van der Waals surface area contributed by atoms with Crippen LogP contribution in [0.3, 0.4) is 0 Å². The summed E-state index contributed by atoms with van der Waals surface area (Å²) < 4.78 is 0. The molecule has 0 aliphatic carbocycles. The van der Waals surface area contributed by atoms with Crippen LogP contribution in [0.2, 0.25) is 0 Å². The molecule has 5 rings (SSSR count). The Bertz CT molecular complexity index is 1330. The van der Waals surface area contributed by atoms with Crippen LogP contribution in [0.25, 0.3) is 16.8 Å². The van der Waals surface area contributed by atoms with Gasteiger partial charge in [0.25, 0.3) is 0 Å². The van der Waals surface area contributed by atoms with E-state index in [1.54, 1.807) is 12.1 Å². The predicted octanol–water partition coefficient (Wildman–Crippen LogP) is 5.91. The molecule has 0 atom stereocenters. The molecule has 3 aromatic carbocycles. The van der Waals surface area contributed by atoms with Gasteiger partial charge >= 0.3 is 0 Å². The second-order valence-electron chi connectivity index (χ2n) is 7.28. The molecule has 31 heavy (non-hydrogen) atoms. The van der Waals surface area contributed by atoms with Gasteiger partial charge in [-0.25, -0.2) is 4.99 Å². The Hall–Kier alpha value is -4.31. The van der Waals surface area contributed by atoms with Gasteiger partial charge in [0, 0.05) is 28.1 Å². The van der Waals surface area contributed by atoms with Gasteiger partial charge < -0.3 is 15.2 Å². The molecule has 4 heteroatoms. The van der Waals surface area contributed by atoms with Crippen LogP contribution < -0.4 is 0 Å². The number of aromatic nitrogens is 1. The maximum Gasteiger partial charge on any atom is 0.165 e. The third-order valence-electron chi connectivity index (χ3n) is 5.29. The van der Waals surface area contributed by atoms with Crippen LogP contribution in [-0.2, 0) is 0 Å². The summed E-state index contributed by atoms with van der Waals surface area (Å²) in [5.74, 6) is -0.336. The molecule has 1 aliphatic rings. The highest BCUT2D eigenvalue weighted by Crippen LogP contribution is 2.39. The molecule has 0 unspecified atom stereocenters. The molecule has 4 nitrogen and oxygen atoms in total. The van der Waals surface area contributed by atoms with E-state index in [2.05, 4.69) is 4.98 Å². The number of para-hydroxylation sites is 1. The van der Waals surface area contributed by atoms with Gasteiger partial charge in [0.2, 0.25) is 0 Å². The van der Waals surface area contributed by atoms with E-state index >= 15 is 0 Å². The average Bonchev–Trinajstić information content (AvgIpc) is 3.49. The lowest BCUT2D eigenvalue weighted by atomic mass is 9.99. The molecule has 0 saturated heterocycles. The van der Waals surface area contributed by atoms with Crippen LogP contribution in [0.1, 0.15) is 16.8 Å². The zero-order valence-electron chi connectivity index (χ0n) is 16.7. The Labute approximate surface area is 180 Å². The van der Waals surface area contributed by atoms with Crippen molar-refractivity contribution in [2.45, 2.75) is 0 Å². The molecule has 150 valence electrons. The molecule has 0 saturated carbocycles. The van der Waals surface area contributed by atoms with Crippen molar-refractivity contribution in [2.24, 2.45) is 4.99 Å². The molecule has 0 bridgehead atoms. The number of H-pyrrole nitrogens is 1. The molecule has 4 aromatic rings. The molecule has 1 aliphatic heterocycles. The molecular weight excluding hydrogens is 384 g/mol. The van der Waals surface area contributed by atoms with Crippen LogP contribution in [0, 0.1) is 0 Å². The van der Waals surface area contributed by atoms with E-state index in [0.29, 0.717) is 11.3 Å². The van der Waals surface area contributed by atoms with Crippen molar-refractivity contribution in [1.82, 2.24) is 4.98 Å². The Balaban J connectivity index is 1.68. The van der Waals surface area contributed by atoms with Crippen molar-refractivity contribution in [2.75, 3.05) is 0 Å². The fraction of sp³-hybridized carbons (Fsp3) is 0. The van der Waals surface area contributed by atoms with Crippen molar-refractivity contribution in [3.05, 3.63) is 126 Å². The number of aliphatic imine (C=N–C) groups is 1. The molecule has 3 N–H and O–H groups in total. The molecule has 1 aromatic heterocycles. The Morgan fingerprint density at radius 1 is 0.677 bits per heavy atom. The summed E-state index contributed by atoms with van der Waals surface area (Å²) in [5.41, 5.74) is 6.64. The smallest absolute Gasteiger partial charge is 0.165 e. The summed E-state index contributed by atoms with van der Waals surface area (Å²) in [6, 6.07) is 28.9. The van der Waals surface area contributed by atoms with Gasteiger partial charge in [-0.1, -0.05) is 72.8 Å². The number of allylic oxidation sites excluding steroid dienone is 2. The highest BCUT2D eigenvalue weighted by molar-refractivity contribution is 6.12. The van der Waals surface area contributed by atoms with E-state index in [1.807, 2.05) is 84.9 Å². The maximum absolute atomic E-state index is 10.6. The Morgan fingerprint density at radius 2 is 1.39 bits per heavy atom. The van der Waals surface area contributed by atoms with Crippen LogP contribution in [0.4, 0.5) is 0 Å². The normalized spacial score (nSPS) is 14.5. The number of rotatable bonds is 4. The second kappa shape index (κ2) is 7.84. The first-order valence-electron chi connectivity index (χ1n) is 10.0. The third-order valence-corrected chi connectivity index (χ3v) is 5.29. The topological polar surface area (TPSA) is 68.6 Å².